The van der Waals surface area contributed by atoms with Gasteiger partial charge in [0.2, 0.25) is 0 Å². The molecule has 2 atom stereocenters. The van der Waals surface area contributed by atoms with Crippen LogP contribution >= 0.6 is 11.6 Å². The third-order valence-electron chi connectivity index (χ3n) is 8.69. The quantitative estimate of drug-likeness (QED) is 0.360. The molecule has 10 heteroatoms. The third-order valence-corrected chi connectivity index (χ3v) is 10.3. The molecule has 3 aliphatic heterocycles. The first kappa shape index (κ1) is 27.3. The monoisotopic (exact) mass is 581 g/mol. The maximum Gasteiger partial charge on any atom is 0.318 e. The Bertz CT molecular complexity index is 1530. The van der Waals surface area contributed by atoms with Gasteiger partial charge in [-0.25, -0.2) is 8.42 Å². The number of sulfone groups is 1. The Morgan fingerprint density at radius 2 is 1.98 bits per heavy atom. The van der Waals surface area contributed by atoms with Gasteiger partial charge in [-0.05, 0) is 56.3 Å². The summed E-state index contributed by atoms with van der Waals surface area (Å²) in [5.74, 6) is 1.20. The summed E-state index contributed by atoms with van der Waals surface area (Å²) in [7, 11) is -1.45. The van der Waals surface area contributed by atoms with Crippen LogP contribution in [0.4, 0.5) is 11.5 Å². The predicted octanol–water partition coefficient (Wildman–Crippen LogP) is 4.70. The van der Waals surface area contributed by atoms with Crippen LogP contribution in [0, 0.1) is 5.92 Å². The maximum atomic E-state index is 12.1. The molecule has 3 aromatic rings. The Hall–Kier alpha value is -2.88. The molecule has 0 radical (unpaired) electrons. The lowest BCUT2D eigenvalue weighted by atomic mass is 9.99. The second kappa shape index (κ2) is 11.2. The lowest BCUT2D eigenvalue weighted by Crippen LogP contribution is -2.34. The molecule has 40 heavy (non-hydrogen) atoms. The van der Waals surface area contributed by atoms with E-state index in [0.29, 0.717) is 37.7 Å². The standard InChI is InChI=1S/C30H36ClN5O3S/c1-3-40(37,38)18-17-34(2)29-23-13-16-36(27-10-5-8-21-7-4-9-24(31)28(21)27)19-25(23)32-30(33-29)39-20-22-12-15-35-14-6-11-26(22)35/h3-5,7-10,22,26H,1,6,11-20H2,2H3. The third kappa shape index (κ3) is 5.39. The smallest absolute Gasteiger partial charge is 0.318 e. The van der Waals surface area contributed by atoms with Gasteiger partial charge in [0.15, 0.2) is 9.84 Å². The molecule has 2 unspecified atom stereocenters. The van der Waals surface area contributed by atoms with Gasteiger partial charge in [-0.3, -0.25) is 4.90 Å². The van der Waals surface area contributed by atoms with Gasteiger partial charge in [-0.2, -0.15) is 9.97 Å². The van der Waals surface area contributed by atoms with Crippen LogP contribution in [0.5, 0.6) is 6.01 Å². The number of halogens is 1. The van der Waals surface area contributed by atoms with E-state index in [0.717, 1.165) is 69.9 Å². The Balaban J connectivity index is 1.30. The number of aromatic nitrogens is 2. The SMILES string of the molecule is C=CS(=O)(=O)CCN(C)c1nc(OCC2CCN3CCCC23)nc2c1CCN(c1cccc3cccc(Cl)c13)C2. The van der Waals surface area contributed by atoms with Crippen molar-refractivity contribution in [3.63, 3.8) is 0 Å². The van der Waals surface area contributed by atoms with Crippen molar-refractivity contribution in [3.05, 3.63) is 64.7 Å². The maximum absolute atomic E-state index is 12.1. The molecule has 0 bridgehead atoms. The van der Waals surface area contributed by atoms with E-state index in [1.54, 1.807) is 0 Å². The molecular formula is C30H36ClN5O3S. The number of nitrogens with zero attached hydrogens (tertiary/aromatic N) is 5. The zero-order valence-corrected chi connectivity index (χ0v) is 24.5. The van der Waals surface area contributed by atoms with Crippen LogP contribution in [-0.4, -0.2) is 74.9 Å². The Kier molecular flexibility index (Phi) is 7.63. The van der Waals surface area contributed by atoms with E-state index in [1.807, 2.05) is 24.1 Å². The van der Waals surface area contributed by atoms with E-state index < -0.39 is 9.84 Å². The summed E-state index contributed by atoms with van der Waals surface area (Å²) in [5, 5.41) is 3.89. The summed E-state index contributed by atoms with van der Waals surface area (Å²) >= 11 is 6.66. The molecule has 0 aliphatic carbocycles. The average molecular weight is 582 g/mol. The Labute approximate surface area is 241 Å². The van der Waals surface area contributed by atoms with Gasteiger partial charge >= 0.3 is 6.01 Å². The van der Waals surface area contributed by atoms with Crippen LogP contribution in [0.15, 0.2) is 48.4 Å². The van der Waals surface area contributed by atoms with E-state index in [4.69, 9.17) is 26.3 Å². The second-order valence-corrected chi connectivity index (χ2v) is 13.6. The van der Waals surface area contributed by atoms with Crippen molar-refractivity contribution in [2.75, 3.05) is 55.4 Å². The first-order valence-corrected chi connectivity index (χ1v) is 16.2. The summed E-state index contributed by atoms with van der Waals surface area (Å²) < 4.78 is 30.6. The second-order valence-electron chi connectivity index (χ2n) is 11.1. The lowest BCUT2D eigenvalue weighted by Gasteiger charge is -2.33. The van der Waals surface area contributed by atoms with E-state index in [1.165, 1.54) is 19.4 Å². The summed E-state index contributed by atoms with van der Waals surface area (Å²) in [6.45, 7) is 8.03. The van der Waals surface area contributed by atoms with Crippen molar-refractivity contribution in [1.29, 1.82) is 0 Å². The molecular weight excluding hydrogens is 546 g/mol. The number of hydrogen-bond donors (Lipinski definition) is 0. The van der Waals surface area contributed by atoms with Gasteiger partial charge in [-0.1, -0.05) is 42.4 Å². The van der Waals surface area contributed by atoms with Crippen molar-refractivity contribution in [3.8, 4) is 6.01 Å². The normalized spacial score (nSPS) is 20.9. The fourth-order valence-electron chi connectivity index (χ4n) is 6.53. The van der Waals surface area contributed by atoms with Crippen molar-refractivity contribution in [2.24, 2.45) is 5.92 Å². The molecule has 0 amide bonds. The molecule has 8 nitrogen and oxygen atoms in total. The zero-order valence-electron chi connectivity index (χ0n) is 22.9. The van der Waals surface area contributed by atoms with Gasteiger partial charge in [0.05, 0.1) is 29.6 Å². The first-order valence-electron chi connectivity index (χ1n) is 14.1. The highest BCUT2D eigenvalue weighted by Gasteiger charge is 2.37. The van der Waals surface area contributed by atoms with Crippen LogP contribution in [-0.2, 0) is 22.8 Å². The minimum atomic E-state index is -3.33. The highest BCUT2D eigenvalue weighted by Crippen LogP contribution is 2.37. The molecule has 0 spiro atoms. The van der Waals surface area contributed by atoms with Crippen molar-refractivity contribution in [1.82, 2.24) is 14.9 Å². The van der Waals surface area contributed by atoms with Crippen molar-refractivity contribution < 1.29 is 13.2 Å². The predicted molar refractivity (Wildman–Crippen MR) is 161 cm³/mol. The summed E-state index contributed by atoms with van der Waals surface area (Å²) in [6, 6.07) is 13.2. The summed E-state index contributed by atoms with van der Waals surface area (Å²) in [4.78, 5) is 16.6. The number of fused-ring (bicyclic) bond motifs is 3. The summed E-state index contributed by atoms with van der Waals surface area (Å²) in [5.41, 5.74) is 3.02. The minimum absolute atomic E-state index is 0.0256. The minimum Gasteiger partial charge on any atom is -0.463 e. The highest BCUT2D eigenvalue weighted by atomic mass is 35.5. The fourth-order valence-corrected chi connectivity index (χ4v) is 7.50. The molecule has 2 saturated heterocycles. The van der Waals surface area contributed by atoms with Crippen LogP contribution in [0.2, 0.25) is 5.02 Å². The van der Waals surface area contributed by atoms with E-state index >= 15 is 0 Å². The molecule has 3 aliphatic rings. The van der Waals surface area contributed by atoms with E-state index in [9.17, 15) is 8.42 Å². The first-order chi connectivity index (χ1) is 19.3. The topological polar surface area (TPSA) is 78.9 Å². The molecule has 0 saturated carbocycles. The largest absolute Gasteiger partial charge is 0.463 e. The van der Waals surface area contributed by atoms with E-state index in [-0.39, 0.29) is 5.75 Å². The van der Waals surface area contributed by atoms with Crippen LogP contribution in [0.25, 0.3) is 10.8 Å². The van der Waals surface area contributed by atoms with Crippen LogP contribution < -0.4 is 14.5 Å². The van der Waals surface area contributed by atoms with E-state index in [2.05, 4.69) is 40.6 Å². The van der Waals surface area contributed by atoms with Gasteiger partial charge in [0.1, 0.15) is 5.82 Å². The average Bonchev–Trinajstić information content (AvgIpc) is 3.59. The van der Waals surface area contributed by atoms with Gasteiger partial charge < -0.3 is 14.5 Å². The van der Waals surface area contributed by atoms with Gasteiger partial charge in [0.25, 0.3) is 0 Å². The van der Waals surface area contributed by atoms with Crippen LogP contribution in [0.1, 0.15) is 30.5 Å². The van der Waals surface area contributed by atoms with Gasteiger partial charge in [-0.15, -0.1) is 0 Å². The molecule has 212 valence electrons. The summed E-state index contributed by atoms with van der Waals surface area (Å²) in [6.07, 6.45) is 4.35. The number of benzene rings is 2. The number of rotatable bonds is 9. The lowest BCUT2D eigenvalue weighted by molar-refractivity contribution is 0.196. The molecule has 2 fully saturated rings. The Morgan fingerprint density at radius 1 is 1.15 bits per heavy atom. The molecule has 0 N–H and O–H groups in total. The van der Waals surface area contributed by atoms with Crippen LogP contribution in [0.3, 0.4) is 0 Å². The number of anilines is 2. The zero-order chi connectivity index (χ0) is 27.9. The van der Waals surface area contributed by atoms with Crippen molar-refractivity contribution in [2.45, 2.75) is 38.3 Å². The molecule has 4 heterocycles. The molecule has 2 aromatic carbocycles. The fraction of sp³-hybridized carbons (Fsp3) is 0.467. The van der Waals surface area contributed by atoms with Crippen molar-refractivity contribution >= 4 is 43.7 Å². The number of hydrogen-bond acceptors (Lipinski definition) is 8. The highest BCUT2D eigenvalue weighted by molar-refractivity contribution is 7.94. The van der Waals surface area contributed by atoms with Gasteiger partial charge in [0, 0.05) is 54.1 Å². The molecule has 1 aromatic heterocycles. The molecule has 6 rings (SSSR count). The number of ether oxygens (including phenoxy) is 1. The Morgan fingerprint density at radius 3 is 2.80 bits per heavy atom.